The van der Waals surface area contributed by atoms with E-state index in [9.17, 15) is 4.39 Å². The van der Waals surface area contributed by atoms with Crippen LogP contribution in [0.4, 0.5) is 4.39 Å². The summed E-state index contributed by atoms with van der Waals surface area (Å²) in [4.78, 5) is 6.49. The summed E-state index contributed by atoms with van der Waals surface area (Å²) >= 11 is 1.41. The van der Waals surface area contributed by atoms with Crippen molar-refractivity contribution in [3.8, 4) is 10.6 Å². The van der Waals surface area contributed by atoms with Crippen molar-refractivity contribution in [1.82, 2.24) is 9.88 Å². The van der Waals surface area contributed by atoms with Crippen LogP contribution in [-0.2, 0) is 6.54 Å². The largest absolute Gasteiger partial charge is 0.396 e. The minimum absolute atomic E-state index is 0.0652. The SMILES string of the molecule is OCCCN(CCO)Cc1csc(-c2ccccc2F)n1. The molecule has 1 aromatic heterocycles. The minimum Gasteiger partial charge on any atom is -0.396 e. The topological polar surface area (TPSA) is 56.6 Å². The molecule has 0 saturated heterocycles. The Morgan fingerprint density at radius 1 is 1.14 bits per heavy atom. The predicted molar refractivity (Wildman–Crippen MR) is 81.6 cm³/mol. The van der Waals surface area contributed by atoms with Gasteiger partial charge in [0, 0.05) is 37.2 Å². The van der Waals surface area contributed by atoms with Crippen molar-refractivity contribution in [3.05, 3.63) is 41.2 Å². The van der Waals surface area contributed by atoms with Crippen molar-refractivity contribution in [3.63, 3.8) is 0 Å². The molecule has 114 valence electrons. The summed E-state index contributed by atoms with van der Waals surface area (Å²) in [6.07, 6.45) is 0.657. The summed E-state index contributed by atoms with van der Waals surface area (Å²) in [7, 11) is 0. The van der Waals surface area contributed by atoms with Crippen LogP contribution in [0, 0.1) is 5.82 Å². The van der Waals surface area contributed by atoms with Crippen molar-refractivity contribution >= 4 is 11.3 Å². The standard InChI is InChI=1S/C15H19FN2O2S/c16-14-5-2-1-4-13(14)15-17-12(11-21-15)10-18(7-9-20)6-3-8-19/h1-2,4-5,11,19-20H,3,6-10H2. The number of hydrogen-bond donors (Lipinski definition) is 2. The lowest BCUT2D eigenvalue weighted by atomic mass is 10.2. The summed E-state index contributed by atoms with van der Waals surface area (Å²) in [6, 6.07) is 6.59. The maximum Gasteiger partial charge on any atom is 0.133 e. The molecule has 2 N–H and O–H groups in total. The van der Waals surface area contributed by atoms with Gasteiger partial charge in [0.05, 0.1) is 12.3 Å². The Morgan fingerprint density at radius 2 is 1.95 bits per heavy atom. The molecule has 0 saturated carbocycles. The summed E-state index contributed by atoms with van der Waals surface area (Å²) < 4.78 is 13.7. The van der Waals surface area contributed by atoms with Crippen molar-refractivity contribution in [1.29, 1.82) is 0 Å². The molecule has 2 rings (SSSR count). The van der Waals surface area contributed by atoms with E-state index in [0.717, 1.165) is 5.69 Å². The second kappa shape index (κ2) is 8.19. The lowest BCUT2D eigenvalue weighted by Crippen LogP contribution is -2.28. The molecule has 21 heavy (non-hydrogen) atoms. The number of thiazole rings is 1. The molecule has 0 radical (unpaired) electrons. The van der Waals surface area contributed by atoms with Crippen LogP contribution in [0.25, 0.3) is 10.6 Å². The van der Waals surface area contributed by atoms with Crippen LogP contribution in [0.3, 0.4) is 0 Å². The van der Waals surface area contributed by atoms with Crippen LogP contribution in [0.2, 0.25) is 0 Å². The number of nitrogens with zero attached hydrogens (tertiary/aromatic N) is 2. The zero-order chi connectivity index (χ0) is 15.1. The van der Waals surface area contributed by atoms with E-state index in [1.807, 2.05) is 10.3 Å². The average Bonchev–Trinajstić information content (AvgIpc) is 2.94. The number of aliphatic hydroxyl groups is 2. The highest BCUT2D eigenvalue weighted by molar-refractivity contribution is 7.13. The van der Waals surface area contributed by atoms with Gasteiger partial charge in [0.15, 0.2) is 0 Å². The van der Waals surface area contributed by atoms with Crippen LogP contribution >= 0.6 is 11.3 Å². The van der Waals surface area contributed by atoms with Gasteiger partial charge >= 0.3 is 0 Å². The Balaban J connectivity index is 2.06. The van der Waals surface area contributed by atoms with E-state index in [0.29, 0.717) is 36.6 Å². The monoisotopic (exact) mass is 310 g/mol. The van der Waals surface area contributed by atoms with Crippen LogP contribution in [0.5, 0.6) is 0 Å². The molecule has 0 aliphatic carbocycles. The van der Waals surface area contributed by atoms with Crippen LogP contribution < -0.4 is 0 Å². The molecular formula is C15H19FN2O2S. The molecule has 0 aliphatic heterocycles. The molecule has 1 heterocycles. The van der Waals surface area contributed by atoms with Gasteiger partial charge in [-0.1, -0.05) is 12.1 Å². The zero-order valence-electron chi connectivity index (χ0n) is 11.7. The van der Waals surface area contributed by atoms with Gasteiger partial charge in [0.25, 0.3) is 0 Å². The molecule has 0 bridgehead atoms. The molecule has 4 nitrogen and oxygen atoms in total. The fraction of sp³-hybridized carbons (Fsp3) is 0.400. The number of aromatic nitrogens is 1. The smallest absolute Gasteiger partial charge is 0.133 e. The van der Waals surface area contributed by atoms with E-state index in [4.69, 9.17) is 10.2 Å². The van der Waals surface area contributed by atoms with Gasteiger partial charge in [0.2, 0.25) is 0 Å². The number of halogens is 1. The highest BCUT2D eigenvalue weighted by atomic mass is 32.1. The van der Waals surface area contributed by atoms with E-state index in [1.165, 1.54) is 17.4 Å². The Hall–Kier alpha value is -1.34. The molecule has 1 aromatic carbocycles. The van der Waals surface area contributed by atoms with Gasteiger partial charge < -0.3 is 10.2 Å². The van der Waals surface area contributed by atoms with E-state index in [1.54, 1.807) is 18.2 Å². The maximum atomic E-state index is 13.7. The average molecular weight is 310 g/mol. The summed E-state index contributed by atoms with van der Waals surface area (Å²) in [5.41, 5.74) is 1.36. The quantitative estimate of drug-likeness (QED) is 0.784. The second-order valence-electron chi connectivity index (χ2n) is 4.70. The fourth-order valence-electron chi connectivity index (χ4n) is 2.07. The first-order valence-corrected chi connectivity index (χ1v) is 7.76. The number of rotatable bonds is 8. The first kappa shape index (κ1) is 16.0. The highest BCUT2D eigenvalue weighted by Crippen LogP contribution is 2.26. The third-order valence-corrected chi connectivity index (χ3v) is 4.01. The van der Waals surface area contributed by atoms with Crippen LogP contribution in [0.1, 0.15) is 12.1 Å². The Kier molecular flexibility index (Phi) is 6.25. The van der Waals surface area contributed by atoms with E-state index < -0.39 is 0 Å². The zero-order valence-corrected chi connectivity index (χ0v) is 12.5. The summed E-state index contributed by atoms with van der Waals surface area (Å²) in [5.74, 6) is -0.272. The molecule has 0 amide bonds. The first-order chi connectivity index (χ1) is 10.2. The Labute approximate surface area is 127 Å². The maximum absolute atomic E-state index is 13.7. The highest BCUT2D eigenvalue weighted by Gasteiger charge is 2.11. The predicted octanol–water partition coefficient (Wildman–Crippen LogP) is 2.13. The number of benzene rings is 1. The molecule has 6 heteroatoms. The van der Waals surface area contributed by atoms with E-state index in [-0.39, 0.29) is 19.0 Å². The number of hydrogen-bond acceptors (Lipinski definition) is 5. The minimum atomic E-state index is -0.272. The molecule has 0 spiro atoms. The molecule has 0 unspecified atom stereocenters. The third kappa shape index (κ3) is 4.57. The Morgan fingerprint density at radius 3 is 2.67 bits per heavy atom. The van der Waals surface area contributed by atoms with Gasteiger partial charge in [-0.15, -0.1) is 11.3 Å². The van der Waals surface area contributed by atoms with Crippen molar-refractivity contribution in [2.45, 2.75) is 13.0 Å². The fourth-order valence-corrected chi connectivity index (χ4v) is 2.91. The molecular weight excluding hydrogens is 291 g/mol. The van der Waals surface area contributed by atoms with E-state index >= 15 is 0 Å². The van der Waals surface area contributed by atoms with Crippen molar-refractivity contribution in [2.24, 2.45) is 0 Å². The summed E-state index contributed by atoms with van der Waals surface area (Å²) in [6.45, 7) is 2.01. The molecule has 0 aliphatic rings. The number of aliphatic hydroxyl groups excluding tert-OH is 2. The molecule has 2 aromatic rings. The van der Waals surface area contributed by atoms with Gasteiger partial charge in [0.1, 0.15) is 10.8 Å². The van der Waals surface area contributed by atoms with Gasteiger partial charge in [-0.3, -0.25) is 4.90 Å². The van der Waals surface area contributed by atoms with Gasteiger partial charge in [-0.25, -0.2) is 9.37 Å². The Bertz CT molecular complexity index is 562. The normalized spacial score (nSPS) is 11.2. The summed E-state index contributed by atoms with van der Waals surface area (Å²) in [5, 5.41) is 20.5. The third-order valence-electron chi connectivity index (χ3n) is 3.09. The second-order valence-corrected chi connectivity index (χ2v) is 5.56. The van der Waals surface area contributed by atoms with Gasteiger partial charge in [-0.05, 0) is 18.6 Å². The lowest BCUT2D eigenvalue weighted by molar-refractivity contribution is 0.173. The van der Waals surface area contributed by atoms with Crippen LogP contribution in [-0.4, -0.2) is 46.4 Å². The van der Waals surface area contributed by atoms with Crippen LogP contribution in [0.15, 0.2) is 29.6 Å². The lowest BCUT2D eigenvalue weighted by Gasteiger charge is -2.19. The van der Waals surface area contributed by atoms with Gasteiger partial charge in [-0.2, -0.15) is 0 Å². The molecule has 0 fully saturated rings. The van der Waals surface area contributed by atoms with E-state index in [2.05, 4.69) is 4.98 Å². The van der Waals surface area contributed by atoms with Crippen molar-refractivity contribution < 1.29 is 14.6 Å². The van der Waals surface area contributed by atoms with Crippen molar-refractivity contribution in [2.75, 3.05) is 26.3 Å². The first-order valence-electron chi connectivity index (χ1n) is 6.88. The molecule has 0 atom stereocenters.